The molecule has 1 N–H and O–H groups in total. The van der Waals surface area contributed by atoms with Gasteiger partial charge in [-0.3, -0.25) is 4.79 Å². The molecule has 5 heteroatoms. The smallest absolute Gasteiger partial charge is 0.228 e. The van der Waals surface area contributed by atoms with E-state index in [1.54, 1.807) is 6.20 Å². The van der Waals surface area contributed by atoms with Crippen LogP contribution in [-0.2, 0) is 4.79 Å². The number of piperidine rings is 1. The lowest BCUT2D eigenvalue weighted by Crippen LogP contribution is -2.39. The number of aryl methyl sites for hydroxylation is 2. The number of ether oxygens (including phenoxy) is 1. The van der Waals surface area contributed by atoms with Crippen LogP contribution in [0.2, 0.25) is 0 Å². The minimum absolute atomic E-state index is 0.0787. The van der Waals surface area contributed by atoms with Gasteiger partial charge in [0.25, 0.3) is 0 Å². The molecule has 1 fully saturated rings. The number of carbonyl (C=O) groups is 1. The van der Waals surface area contributed by atoms with E-state index in [4.69, 9.17) is 4.74 Å². The van der Waals surface area contributed by atoms with Crippen LogP contribution in [0.25, 0.3) is 0 Å². The lowest BCUT2D eigenvalue weighted by atomic mass is 9.96. The summed E-state index contributed by atoms with van der Waals surface area (Å²) >= 11 is 0. The summed E-state index contributed by atoms with van der Waals surface area (Å²) in [4.78, 5) is 18.9. The van der Waals surface area contributed by atoms with Gasteiger partial charge in [0.05, 0.1) is 6.61 Å². The molecule has 1 aliphatic heterocycles. The van der Waals surface area contributed by atoms with Gasteiger partial charge in [-0.15, -0.1) is 0 Å². The van der Waals surface area contributed by atoms with E-state index in [1.165, 1.54) is 11.1 Å². The van der Waals surface area contributed by atoms with Gasteiger partial charge in [0.15, 0.2) is 0 Å². The summed E-state index contributed by atoms with van der Waals surface area (Å²) in [5.41, 5.74) is 2.55. The van der Waals surface area contributed by atoms with E-state index in [2.05, 4.69) is 41.2 Å². The zero-order chi connectivity index (χ0) is 19.1. The normalized spacial score (nSPS) is 15.5. The maximum atomic E-state index is 12.4. The summed E-state index contributed by atoms with van der Waals surface area (Å²) in [5, 5.41) is 2.92. The first-order valence-corrected chi connectivity index (χ1v) is 9.76. The van der Waals surface area contributed by atoms with Crippen LogP contribution in [0.5, 0.6) is 5.75 Å². The van der Waals surface area contributed by atoms with Gasteiger partial charge < -0.3 is 15.0 Å². The molecule has 0 aliphatic carbocycles. The predicted molar refractivity (Wildman–Crippen MR) is 108 cm³/mol. The Hall–Kier alpha value is -2.40. The second-order valence-corrected chi connectivity index (χ2v) is 7.27. The first kappa shape index (κ1) is 19.4. The Balaban J connectivity index is 1.33. The van der Waals surface area contributed by atoms with E-state index in [1.807, 2.05) is 24.3 Å². The third kappa shape index (κ3) is 5.79. The number of benzene rings is 1. The molecular formula is C22H29N3O2. The molecule has 0 atom stereocenters. The summed E-state index contributed by atoms with van der Waals surface area (Å²) < 4.78 is 5.86. The van der Waals surface area contributed by atoms with Crippen molar-refractivity contribution >= 4 is 11.7 Å². The average Bonchev–Trinajstić information content (AvgIpc) is 2.69. The molecule has 0 radical (unpaired) electrons. The molecule has 1 aromatic carbocycles. The summed E-state index contributed by atoms with van der Waals surface area (Å²) in [7, 11) is 0. The number of hydrogen-bond donors (Lipinski definition) is 1. The van der Waals surface area contributed by atoms with Crippen molar-refractivity contribution in [3.63, 3.8) is 0 Å². The van der Waals surface area contributed by atoms with Gasteiger partial charge in [-0.25, -0.2) is 4.98 Å². The molecule has 1 saturated heterocycles. The summed E-state index contributed by atoms with van der Waals surface area (Å²) in [6.45, 7) is 7.88. The van der Waals surface area contributed by atoms with Gasteiger partial charge in [-0.05, 0) is 81.6 Å². The van der Waals surface area contributed by atoms with Gasteiger partial charge >= 0.3 is 0 Å². The number of nitrogens with one attached hydrogen (secondary N) is 1. The number of carbonyl (C=O) groups excluding carboxylic acids is 1. The number of rotatable bonds is 7. The van der Waals surface area contributed by atoms with E-state index in [0.29, 0.717) is 5.82 Å². The molecule has 0 unspecified atom stereocenters. The van der Waals surface area contributed by atoms with Crippen molar-refractivity contribution in [3.05, 3.63) is 53.7 Å². The van der Waals surface area contributed by atoms with E-state index >= 15 is 0 Å². The van der Waals surface area contributed by atoms with Crippen molar-refractivity contribution in [2.75, 3.05) is 31.6 Å². The summed E-state index contributed by atoms with van der Waals surface area (Å²) in [6, 6.07) is 11.8. The Labute approximate surface area is 161 Å². The third-order valence-electron chi connectivity index (χ3n) is 5.24. The molecule has 3 rings (SSSR count). The highest BCUT2D eigenvalue weighted by Gasteiger charge is 2.24. The van der Waals surface area contributed by atoms with Gasteiger partial charge in [0.2, 0.25) is 5.91 Å². The number of anilines is 1. The van der Waals surface area contributed by atoms with Gasteiger partial charge in [-0.2, -0.15) is 0 Å². The van der Waals surface area contributed by atoms with Crippen molar-refractivity contribution in [2.45, 2.75) is 33.1 Å². The van der Waals surface area contributed by atoms with Crippen molar-refractivity contribution in [1.82, 2.24) is 9.88 Å². The highest BCUT2D eigenvalue weighted by molar-refractivity contribution is 5.91. The molecule has 0 bridgehead atoms. The minimum Gasteiger partial charge on any atom is -0.494 e. The van der Waals surface area contributed by atoms with E-state index in [-0.39, 0.29) is 11.8 Å². The van der Waals surface area contributed by atoms with Crippen LogP contribution in [0.3, 0.4) is 0 Å². The number of aromatic nitrogens is 1. The average molecular weight is 367 g/mol. The molecule has 2 heterocycles. The Morgan fingerprint density at radius 2 is 2.00 bits per heavy atom. The van der Waals surface area contributed by atoms with Crippen molar-refractivity contribution < 1.29 is 9.53 Å². The number of pyridine rings is 1. The number of hydrogen-bond acceptors (Lipinski definition) is 4. The number of amides is 1. The molecular weight excluding hydrogens is 338 g/mol. The van der Waals surface area contributed by atoms with Crippen molar-refractivity contribution in [3.8, 4) is 5.75 Å². The Bertz CT molecular complexity index is 740. The molecule has 1 aromatic heterocycles. The van der Waals surface area contributed by atoms with Crippen LogP contribution in [-0.4, -0.2) is 42.0 Å². The molecule has 0 spiro atoms. The third-order valence-corrected chi connectivity index (χ3v) is 5.24. The number of nitrogens with zero attached hydrogens (tertiary/aromatic N) is 2. The quantitative estimate of drug-likeness (QED) is 0.756. The lowest BCUT2D eigenvalue weighted by Gasteiger charge is -2.31. The lowest BCUT2D eigenvalue weighted by molar-refractivity contribution is -0.121. The van der Waals surface area contributed by atoms with Gasteiger partial charge in [-0.1, -0.05) is 12.1 Å². The molecule has 5 nitrogen and oxygen atoms in total. The van der Waals surface area contributed by atoms with Gasteiger partial charge in [0, 0.05) is 18.7 Å². The van der Waals surface area contributed by atoms with Crippen molar-refractivity contribution in [2.24, 2.45) is 5.92 Å². The van der Waals surface area contributed by atoms with Crippen LogP contribution in [0.4, 0.5) is 5.82 Å². The van der Waals surface area contributed by atoms with Gasteiger partial charge in [0.1, 0.15) is 11.6 Å². The molecule has 0 saturated carbocycles. The monoisotopic (exact) mass is 367 g/mol. The SMILES string of the molecule is Cc1ccc(OCCCN2CCC(C(=O)Nc3ccccn3)CC2)cc1C. The fourth-order valence-corrected chi connectivity index (χ4v) is 3.37. The second kappa shape index (κ2) is 9.51. The zero-order valence-electron chi connectivity index (χ0n) is 16.3. The van der Waals surface area contributed by atoms with E-state index < -0.39 is 0 Å². The Morgan fingerprint density at radius 1 is 1.19 bits per heavy atom. The van der Waals surface area contributed by atoms with E-state index in [0.717, 1.165) is 51.3 Å². The highest BCUT2D eigenvalue weighted by atomic mass is 16.5. The largest absolute Gasteiger partial charge is 0.494 e. The van der Waals surface area contributed by atoms with Crippen LogP contribution < -0.4 is 10.1 Å². The number of likely N-dealkylation sites (tertiary alicyclic amines) is 1. The fourth-order valence-electron chi connectivity index (χ4n) is 3.37. The molecule has 1 aliphatic rings. The Kier molecular flexibility index (Phi) is 6.82. The highest BCUT2D eigenvalue weighted by Crippen LogP contribution is 2.20. The van der Waals surface area contributed by atoms with Crippen molar-refractivity contribution in [1.29, 1.82) is 0 Å². The van der Waals surface area contributed by atoms with Crippen LogP contribution in [0, 0.1) is 19.8 Å². The summed E-state index contributed by atoms with van der Waals surface area (Å²) in [6.07, 6.45) is 4.49. The van der Waals surface area contributed by atoms with Crippen LogP contribution in [0.1, 0.15) is 30.4 Å². The molecule has 27 heavy (non-hydrogen) atoms. The second-order valence-electron chi connectivity index (χ2n) is 7.27. The minimum atomic E-state index is 0.0787. The first-order valence-electron chi connectivity index (χ1n) is 9.76. The molecule has 2 aromatic rings. The standard InChI is InChI=1S/C22H29N3O2/c1-17-7-8-20(16-18(17)2)27-15-5-12-25-13-9-19(10-14-25)22(26)24-21-6-3-4-11-23-21/h3-4,6-8,11,16,19H,5,9-10,12-15H2,1-2H3,(H,23,24,26). The van der Waals surface area contributed by atoms with Crippen LogP contribution >= 0.6 is 0 Å². The molecule has 144 valence electrons. The molecule has 1 amide bonds. The maximum absolute atomic E-state index is 12.4. The topological polar surface area (TPSA) is 54.5 Å². The maximum Gasteiger partial charge on any atom is 0.228 e. The summed E-state index contributed by atoms with van der Waals surface area (Å²) in [5.74, 6) is 1.75. The first-order chi connectivity index (χ1) is 13.1. The predicted octanol–water partition coefficient (Wildman–Crippen LogP) is 3.82. The van der Waals surface area contributed by atoms with Crippen LogP contribution in [0.15, 0.2) is 42.6 Å². The van der Waals surface area contributed by atoms with E-state index in [9.17, 15) is 4.79 Å². The zero-order valence-corrected chi connectivity index (χ0v) is 16.3. The fraction of sp³-hybridized carbons (Fsp3) is 0.455. The Morgan fingerprint density at radius 3 is 2.70 bits per heavy atom.